The number of halogens is 1. The maximum Gasteiger partial charge on any atom is 0.308 e. The van der Waals surface area contributed by atoms with Gasteiger partial charge in [0.25, 0.3) is 0 Å². The van der Waals surface area contributed by atoms with Crippen LogP contribution in [0.15, 0.2) is 30.5 Å². The first-order chi connectivity index (χ1) is 14.7. The lowest BCUT2D eigenvalue weighted by Gasteiger charge is -2.23. The molecular formula is C24H25IN4O2. The average Bonchev–Trinajstić information content (AvgIpc) is 3.44. The van der Waals surface area contributed by atoms with Gasteiger partial charge in [0.15, 0.2) is 0 Å². The SMILES string of the molecule is CC#CC(=O)N(c1ccc2nn(CC(C)(C)O)cc2n1)c1cc(C)c(I)cc1C1CC1. The molecule has 0 radical (unpaired) electrons. The number of aryl methyl sites for hydroxylation is 1. The zero-order valence-electron chi connectivity index (χ0n) is 18.1. The van der Waals surface area contributed by atoms with Gasteiger partial charge in [-0.25, -0.2) is 4.98 Å². The summed E-state index contributed by atoms with van der Waals surface area (Å²) in [6.45, 7) is 7.54. The Bertz CT molecular complexity index is 1230. The molecule has 1 fully saturated rings. The predicted molar refractivity (Wildman–Crippen MR) is 130 cm³/mol. The number of hydrogen-bond donors (Lipinski definition) is 1. The van der Waals surface area contributed by atoms with Gasteiger partial charge in [-0.2, -0.15) is 5.10 Å². The minimum Gasteiger partial charge on any atom is -0.389 e. The minimum absolute atomic E-state index is 0.305. The highest BCUT2D eigenvalue weighted by atomic mass is 127. The smallest absolute Gasteiger partial charge is 0.308 e. The lowest BCUT2D eigenvalue weighted by molar-refractivity contribution is -0.112. The zero-order valence-corrected chi connectivity index (χ0v) is 20.3. The number of rotatable bonds is 5. The molecule has 160 valence electrons. The van der Waals surface area contributed by atoms with E-state index >= 15 is 0 Å². The largest absolute Gasteiger partial charge is 0.389 e. The van der Waals surface area contributed by atoms with E-state index in [2.05, 4.69) is 51.7 Å². The van der Waals surface area contributed by atoms with Gasteiger partial charge >= 0.3 is 5.91 Å². The topological polar surface area (TPSA) is 71.2 Å². The van der Waals surface area contributed by atoms with Crippen LogP contribution < -0.4 is 4.90 Å². The number of hydrogen-bond acceptors (Lipinski definition) is 4. The lowest BCUT2D eigenvalue weighted by Crippen LogP contribution is -2.26. The van der Waals surface area contributed by atoms with Crippen LogP contribution >= 0.6 is 22.6 Å². The molecule has 3 aromatic rings. The number of amides is 1. The first kappa shape index (κ1) is 21.8. The van der Waals surface area contributed by atoms with Gasteiger partial charge in [-0.15, -0.1) is 0 Å². The molecule has 6 nitrogen and oxygen atoms in total. The highest BCUT2D eigenvalue weighted by Gasteiger charge is 2.31. The van der Waals surface area contributed by atoms with E-state index in [1.54, 1.807) is 36.5 Å². The summed E-state index contributed by atoms with van der Waals surface area (Å²) in [7, 11) is 0. The molecule has 0 bridgehead atoms. The van der Waals surface area contributed by atoms with Crippen LogP contribution in [0.2, 0.25) is 0 Å². The molecule has 1 N–H and O–H groups in total. The van der Waals surface area contributed by atoms with Gasteiger partial charge in [-0.3, -0.25) is 14.4 Å². The van der Waals surface area contributed by atoms with Gasteiger partial charge in [0, 0.05) is 3.57 Å². The zero-order chi connectivity index (χ0) is 22.3. The van der Waals surface area contributed by atoms with Crippen LogP contribution in [0.1, 0.15) is 50.7 Å². The number of carbonyl (C=O) groups is 1. The van der Waals surface area contributed by atoms with Crippen LogP contribution in [0.4, 0.5) is 11.5 Å². The quantitative estimate of drug-likeness (QED) is 0.386. The van der Waals surface area contributed by atoms with E-state index in [-0.39, 0.29) is 5.91 Å². The average molecular weight is 528 g/mol. The second-order valence-electron chi connectivity index (χ2n) is 8.66. The molecule has 1 amide bonds. The summed E-state index contributed by atoms with van der Waals surface area (Å²) in [5, 5.41) is 14.6. The Kier molecular flexibility index (Phi) is 5.79. The Hall–Kier alpha value is -2.44. The molecule has 1 aliphatic carbocycles. The fraction of sp³-hybridized carbons (Fsp3) is 0.375. The molecule has 7 heteroatoms. The van der Waals surface area contributed by atoms with Crippen LogP contribution in [-0.4, -0.2) is 31.4 Å². The van der Waals surface area contributed by atoms with Crippen molar-refractivity contribution in [1.29, 1.82) is 0 Å². The van der Waals surface area contributed by atoms with Gasteiger partial charge in [0.2, 0.25) is 0 Å². The lowest BCUT2D eigenvalue weighted by atomic mass is 10.0. The van der Waals surface area contributed by atoms with Crippen molar-refractivity contribution in [3.63, 3.8) is 0 Å². The third kappa shape index (κ3) is 4.75. The number of anilines is 2. The molecule has 1 saturated carbocycles. The molecular weight excluding hydrogens is 503 g/mol. The molecule has 1 aromatic carbocycles. The van der Waals surface area contributed by atoms with Crippen molar-refractivity contribution in [2.75, 3.05) is 4.90 Å². The van der Waals surface area contributed by atoms with Crippen LogP contribution in [0, 0.1) is 22.3 Å². The van der Waals surface area contributed by atoms with E-state index in [1.807, 2.05) is 19.1 Å². The Morgan fingerprint density at radius 2 is 2.06 bits per heavy atom. The van der Waals surface area contributed by atoms with E-state index < -0.39 is 5.60 Å². The highest BCUT2D eigenvalue weighted by Crippen LogP contribution is 2.46. The molecule has 0 aliphatic heterocycles. The number of fused-ring (bicyclic) bond motifs is 1. The van der Waals surface area contributed by atoms with E-state index in [1.165, 1.54) is 9.13 Å². The summed E-state index contributed by atoms with van der Waals surface area (Å²) < 4.78 is 2.87. The fourth-order valence-electron chi connectivity index (χ4n) is 3.64. The van der Waals surface area contributed by atoms with E-state index in [0.717, 1.165) is 24.1 Å². The van der Waals surface area contributed by atoms with E-state index in [4.69, 9.17) is 4.98 Å². The Balaban J connectivity index is 1.84. The van der Waals surface area contributed by atoms with Crippen LogP contribution in [0.3, 0.4) is 0 Å². The Morgan fingerprint density at radius 1 is 1.32 bits per heavy atom. The summed E-state index contributed by atoms with van der Waals surface area (Å²) in [5.41, 5.74) is 3.62. The molecule has 0 spiro atoms. The number of aliphatic hydroxyl groups is 1. The molecule has 0 unspecified atom stereocenters. The molecule has 4 rings (SSSR count). The van der Waals surface area contributed by atoms with Gasteiger partial charge in [-0.1, -0.05) is 5.92 Å². The second kappa shape index (κ2) is 8.24. The van der Waals surface area contributed by atoms with Gasteiger partial charge in [-0.05, 0) is 110 Å². The summed E-state index contributed by atoms with van der Waals surface area (Å²) >= 11 is 2.35. The van der Waals surface area contributed by atoms with Gasteiger partial charge in [0.05, 0.1) is 24.0 Å². The Labute approximate surface area is 195 Å². The summed E-state index contributed by atoms with van der Waals surface area (Å²) in [5.74, 6) is 6.10. The van der Waals surface area contributed by atoms with Crippen LogP contribution in [0.5, 0.6) is 0 Å². The van der Waals surface area contributed by atoms with E-state index in [0.29, 0.717) is 29.3 Å². The van der Waals surface area contributed by atoms with E-state index in [9.17, 15) is 9.90 Å². The van der Waals surface area contributed by atoms with Gasteiger partial charge in [0.1, 0.15) is 16.9 Å². The molecule has 0 atom stereocenters. The van der Waals surface area contributed by atoms with Crippen molar-refractivity contribution < 1.29 is 9.90 Å². The molecule has 0 saturated heterocycles. The molecule has 1 aliphatic rings. The third-order valence-electron chi connectivity index (χ3n) is 5.17. The predicted octanol–water partition coefficient (Wildman–Crippen LogP) is 4.68. The van der Waals surface area contributed by atoms with Crippen LogP contribution in [-0.2, 0) is 11.3 Å². The minimum atomic E-state index is -0.887. The Morgan fingerprint density at radius 3 is 2.71 bits per heavy atom. The van der Waals surface area contributed by atoms with Crippen molar-refractivity contribution in [1.82, 2.24) is 14.8 Å². The summed E-state index contributed by atoms with van der Waals surface area (Å²) in [6, 6.07) is 7.91. The summed E-state index contributed by atoms with van der Waals surface area (Å²) in [4.78, 5) is 19.5. The number of pyridine rings is 1. The molecule has 31 heavy (non-hydrogen) atoms. The van der Waals surface area contributed by atoms with Gasteiger partial charge < -0.3 is 5.11 Å². The number of nitrogens with zero attached hydrogens (tertiary/aromatic N) is 4. The van der Waals surface area contributed by atoms with Crippen molar-refractivity contribution in [2.24, 2.45) is 0 Å². The van der Waals surface area contributed by atoms with Crippen molar-refractivity contribution >= 4 is 51.0 Å². The monoisotopic (exact) mass is 528 g/mol. The standard InChI is InChI=1S/C24H25IN4O2/c1-5-6-23(30)29(21-11-15(2)18(25)12-17(21)16-7-8-16)22-10-9-19-20(26-22)13-28(27-19)14-24(3,4)31/h9-13,16,31H,7-8,14H2,1-4H3. The first-order valence-electron chi connectivity index (χ1n) is 10.3. The van der Waals surface area contributed by atoms with Crippen molar-refractivity contribution in [3.05, 3.63) is 45.2 Å². The fourth-order valence-corrected chi connectivity index (χ4v) is 4.13. The van der Waals surface area contributed by atoms with Crippen molar-refractivity contribution in [2.45, 2.75) is 58.6 Å². The first-order valence-corrected chi connectivity index (χ1v) is 11.4. The number of benzene rings is 1. The number of carbonyl (C=O) groups excluding carboxylic acids is 1. The normalized spacial score (nSPS) is 13.7. The van der Waals surface area contributed by atoms with Crippen molar-refractivity contribution in [3.8, 4) is 11.8 Å². The number of aromatic nitrogens is 3. The second-order valence-corrected chi connectivity index (χ2v) is 9.83. The van der Waals surface area contributed by atoms with Crippen LogP contribution in [0.25, 0.3) is 11.0 Å². The molecule has 2 aromatic heterocycles. The maximum atomic E-state index is 13.1. The third-order valence-corrected chi connectivity index (χ3v) is 6.34. The molecule has 2 heterocycles. The summed E-state index contributed by atoms with van der Waals surface area (Å²) in [6.07, 6.45) is 4.06. The maximum absolute atomic E-state index is 13.1. The highest BCUT2D eigenvalue weighted by molar-refractivity contribution is 14.1.